The highest BCUT2D eigenvalue weighted by Gasteiger charge is 2.61. The minimum atomic E-state index is -1.27. The molecule has 0 radical (unpaired) electrons. The van der Waals surface area contributed by atoms with Gasteiger partial charge in [0.05, 0.1) is 37.9 Å². The van der Waals surface area contributed by atoms with Gasteiger partial charge in [-0.2, -0.15) is 0 Å². The van der Waals surface area contributed by atoms with E-state index in [9.17, 15) is 14.0 Å². The Labute approximate surface area is 194 Å². The average Bonchev–Trinajstić information content (AvgIpc) is 3.29. The maximum absolute atomic E-state index is 14.1. The smallest absolute Gasteiger partial charge is 0.269 e. The van der Waals surface area contributed by atoms with Crippen molar-refractivity contribution in [3.8, 4) is 11.5 Å². The summed E-state index contributed by atoms with van der Waals surface area (Å²) in [6.07, 6.45) is 0. The molecule has 168 valence electrons. The molecule has 3 aromatic rings. The van der Waals surface area contributed by atoms with Gasteiger partial charge in [-0.05, 0) is 23.8 Å². The number of ether oxygens (including phenoxy) is 2. The molecule has 33 heavy (non-hydrogen) atoms. The van der Waals surface area contributed by atoms with Crippen LogP contribution in [0.1, 0.15) is 11.1 Å². The van der Waals surface area contributed by atoms with Crippen LogP contribution in [0.3, 0.4) is 0 Å². The summed E-state index contributed by atoms with van der Waals surface area (Å²) >= 11 is 1.29. The van der Waals surface area contributed by atoms with E-state index in [1.54, 1.807) is 35.2 Å². The number of amides is 2. The Morgan fingerprint density at radius 1 is 0.970 bits per heavy atom. The van der Waals surface area contributed by atoms with E-state index in [4.69, 9.17) is 9.47 Å². The third-order valence-corrected chi connectivity index (χ3v) is 7.27. The predicted molar refractivity (Wildman–Crippen MR) is 125 cm³/mol. The highest BCUT2D eigenvalue weighted by molar-refractivity contribution is 8.02. The molecule has 1 unspecified atom stereocenters. The standard InChI is InChI=1S/C25H21FN2O4S/c1-31-19-11-18(12-20(13-19)32-2)28-23(29)15-33-25(28)21-8-3-4-9-22(21)27(24(25)30)14-16-6-5-7-17(26)10-16/h3-13H,14-15H2,1-2H3. The van der Waals surface area contributed by atoms with E-state index in [2.05, 4.69) is 0 Å². The van der Waals surface area contributed by atoms with Gasteiger partial charge in [-0.1, -0.05) is 30.3 Å². The van der Waals surface area contributed by atoms with Crippen LogP contribution >= 0.6 is 11.8 Å². The van der Waals surface area contributed by atoms with Gasteiger partial charge < -0.3 is 14.4 Å². The van der Waals surface area contributed by atoms with Crippen LogP contribution < -0.4 is 19.3 Å². The van der Waals surface area contributed by atoms with Crippen LogP contribution in [-0.4, -0.2) is 31.8 Å². The Bertz CT molecular complexity index is 1240. The van der Waals surface area contributed by atoms with Gasteiger partial charge in [-0.3, -0.25) is 14.5 Å². The number of hydrogen-bond acceptors (Lipinski definition) is 5. The number of thioether (sulfide) groups is 1. The minimum Gasteiger partial charge on any atom is -0.497 e. The van der Waals surface area contributed by atoms with E-state index in [-0.39, 0.29) is 29.9 Å². The van der Waals surface area contributed by atoms with Crippen molar-refractivity contribution < 1.29 is 23.5 Å². The van der Waals surface area contributed by atoms with Crippen molar-refractivity contribution in [1.29, 1.82) is 0 Å². The topological polar surface area (TPSA) is 59.1 Å². The summed E-state index contributed by atoms with van der Waals surface area (Å²) in [5, 5.41) is 0. The predicted octanol–water partition coefficient (Wildman–Crippen LogP) is 4.32. The second-order valence-electron chi connectivity index (χ2n) is 7.77. The van der Waals surface area contributed by atoms with Gasteiger partial charge >= 0.3 is 0 Å². The van der Waals surface area contributed by atoms with Crippen molar-refractivity contribution in [2.24, 2.45) is 0 Å². The summed E-state index contributed by atoms with van der Waals surface area (Å²) in [5.74, 6) is 0.376. The van der Waals surface area contributed by atoms with E-state index in [1.165, 1.54) is 43.0 Å². The summed E-state index contributed by atoms with van der Waals surface area (Å²) in [6, 6.07) is 18.8. The average molecular weight is 465 g/mol. The number of para-hydroxylation sites is 1. The van der Waals surface area contributed by atoms with E-state index in [0.29, 0.717) is 28.4 Å². The lowest BCUT2D eigenvalue weighted by Gasteiger charge is -2.33. The number of methoxy groups -OCH3 is 2. The van der Waals surface area contributed by atoms with Gasteiger partial charge in [-0.25, -0.2) is 4.39 Å². The molecule has 5 rings (SSSR count). The molecule has 0 aliphatic carbocycles. The van der Waals surface area contributed by atoms with Crippen LogP contribution in [0.15, 0.2) is 66.7 Å². The van der Waals surface area contributed by atoms with Gasteiger partial charge in [0.2, 0.25) is 10.8 Å². The zero-order valence-corrected chi connectivity index (χ0v) is 18.9. The van der Waals surface area contributed by atoms with Crippen LogP contribution in [0.4, 0.5) is 15.8 Å². The van der Waals surface area contributed by atoms with Crippen molar-refractivity contribution in [2.75, 3.05) is 29.8 Å². The molecule has 1 saturated heterocycles. The third-order valence-electron chi connectivity index (χ3n) is 5.89. The lowest BCUT2D eigenvalue weighted by atomic mass is 10.0. The van der Waals surface area contributed by atoms with E-state index >= 15 is 0 Å². The molecule has 0 bridgehead atoms. The van der Waals surface area contributed by atoms with Crippen LogP contribution in [0.2, 0.25) is 0 Å². The molecule has 6 nitrogen and oxygen atoms in total. The molecule has 2 amide bonds. The Morgan fingerprint density at radius 2 is 1.70 bits per heavy atom. The number of halogens is 1. The Balaban J connectivity index is 1.65. The largest absolute Gasteiger partial charge is 0.497 e. The second-order valence-corrected chi connectivity index (χ2v) is 8.94. The molecule has 0 aromatic heterocycles. The summed E-state index contributed by atoms with van der Waals surface area (Å²) < 4.78 is 24.6. The highest BCUT2D eigenvalue weighted by Crippen LogP contribution is 2.56. The number of benzene rings is 3. The molecule has 1 spiro atoms. The Morgan fingerprint density at radius 3 is 2.39 bits per heavy atom. The van der Waals surface area contributed by atoms with Crippen molar-refractivity contribution >= 4 is 35.0 Å². The molecule has 1 fully saturated rings. The molecule has 1 atom stereocenters. The van der Waals surface area contributed by atoms with E-state index in [1.807, 2.05) is 24.3 Å². The Kier molecular flexibility index (Phi) is 5.25. The third kappa shape index (κ3) is 3.33. The summed E-state index contributed by atoms with van der Waals surface area (Å²) in [7, 11) is 3.07. The summed E-state index contributed by atoms with van der Waals surface area (Å²) in [4.78, 5) is 29.2. The molecule has 3 aromatic carbocycles. The minimum absolute atomic E-state index is 0.146. The number of carbonyl (C=O) groups is 2. The van der Waals surface area contributed by atoms with Crippen LogP contribution in [0.5, 0.6) is 11.5 Å². The lowest BCUT2D eigenvalue weighted by Crippen LogP contribution is -2.49. The first-order valence-corrected chi connectivity index (χ1v) is 11.3. The summed E-state index contributed by atoms with van der Waals surface area (Å²) in [6.45, 7) is 0.194. The first-order valence-electron chi connectivity index (χ1n) is 10.3. The Hall–Kier alpha value is -3.52. The number of carbonyl (C=O) groups excluding carboxylic acids is 2. The maximum Gasteiger partial charge on any atom is 0.269 e. The normalized spacial score (nSPS) is 19.4. The van der Waals surface area contributed by atoms with Crippen molar-refractivity contribution in [1.82, 2.24) is 0 Å². The van der Waals surface area contributed by atoms with Crippen LogP contribution in [0.25, 0.3) is 0 Å². The summed E-state index contributed by atoms with van der Waals surface area (Å²) in [5.41, 5.74) is 2.61. The first kappa shape index (κ1) is 21.3. The number of rotatable bonds is 5. The molecular formula is C25H21FN2O4S. The number of anilines is 2. The van der Waals surface area contributed by atoms with Crippen molar-refractivity contribution in [3.05, 3.63) is 83.7 Å². The van der Waals surface area contributed by atoms with E-state index in [0.717, 1.165) is 5.56 Å². The monoisotopic (exact) mass is 464 g/mol. The zero-order chi connectivity index (χ0) is 23.2. The number of hydrogen-bond donors (Lipinski definition) is 0. The fraction of sp³-hybridized carbons (Fsp3) is 0.200. The fourth-order valence-corrected chi connectivity index (χ4v) is 5.81. The van der Waals surface area contributed by atoms with E-state index < -0.39 is 4.87 Å². The lowest BCUT2D eigenvalue weighted by molar-refractivity contribution is -0.123. The molecule has 0 saturated carbocycles. The maximum atomic E-state index is 14.1. The van der Waals surface area contributed by atoms with Gasteiger partial charge in [-0.15, -0.1) is 11.8 Å². The van der Waals surface area contributed by atoms with Crippen LogP contribution in [0, 0.1) is 5.82 Å². The first-order chi connectivity index (χ1) is 16.0. The zero-order valence-electron chi connectivity index (χ0n) is 18.1. The van der Waals surface area contributed by atoms with Crippen molar-refractivity contribution in [2.45, 2.75) is 11.4 Å². The second kappa shape index (κ2) is 8.12. The molecular weight excluding hydrogens is 443 g/mol. The fourth-order valence-electron chi connectivity index (χ4n) is 4.45. The van der Waals surface area contributed by atoms with Gasteiger partial charge in [0, 0.05) is 23.8 Å². The highest BCUT2D eigenvalue weighted by atomic mass is 32.2. The number of fused-ring (bicyclic) bond motifs is 2. The van der Waals surface area contributed by atoms with Crippen molar-refractivity contribution in [3.63, 3.8) is 0 Å². The molecule has 8 heteroatoms. The molecule has 2 aliphatic rings. The van der Waals surface area contributed by atoms with Crippen LogP contribution in [-0.2, 0) is 21.0 Å². The van der Waals surface area contributed by atoms with Gasteiger partial charge in [0.25, 0.3) is 5.91 Å². The number of nitrogens with zero attached hydrogens (tertiary/aromatic N) is 2. The molecule has 2 aliphatic heterocycles. The van der Waals surface area contributed by atoms with Gasteiger partial charge in [0.1, 0.15) is 17.3 Å². The SMILES string of the molecule is COc1cc(OC)cc(N2C(=O)CSC23C(=O)N(Cc2cccc(F)c2)c2ccccc23)c1. The van der Waals surface area contributed by atoms with Gasteiger partial charge in [0.15, 0.2) is 0 Å². The molecule has 0 N–H and O–H groups in total. The quantitative estimate of drug-likeness (QED) is 0.563. The molecule has 2 heterocycles.